The number of hydrogen-bond acceptors (Lipinski definition) is 3. The van der Waals surface area contributed by atoms with Crippen LogP contribution in [-0.2, 0) is 14.3 Å². The van der Waals surface area contributed by atoms with Crippen LogP contribution in [0.3, 0.4) is 0 Å². The van der Waals surface area contributed by atoms with Crippen LogP contribution in [0.2, 0.25) is 0 Å². The van der Waals surface area contributed by atoms with Crippen LogP contribution in [0.15, 0.2) is 29.2 Å². The second kappa shape index (κ2) is 4.91. The minimum atomic E-state index is -3.60. The molecule has 4 heteroatoms. The van der Waals surface area contributed by atoms with E-state index < -0.39 is 10.1 Å². The van der Waals surface area contributed by atoms with Gasteiger partial charge in [0.2, 0.25) is 0 Å². The Morgan fingerprint density at radius 3 is 2.53 bits per heavy atom. The maximum atomic E-state index is 12.3. The van der Waals surface area contributed by atoms with Crippen molar-refractivity contribution in [2.75, 3.05) is 0 Å². The van der Waals surface area contributed by atoms with Gasteiger partial charge >= 0.3 is 0 Å². The lowest BCUT2D eigenvalue weighted by molar-refractivity contribution is 0.162. The Labute approximate surface area is 115 Å². The van der Waals surface area contributed by atoms with Crippen molar-refractivity contribution >= 4 is 10.1 Å². The normalized spacial score (nSPS) is 30.5. The predicted molar refractivity (Wildman–Crippen MR) is 73.3 cm³/mol. The van der Waals surface area contributed by atoms with Crippen molar-refractivity contribution in [3.8, 4) is 0 Å². The molecule has 1 aromatic rings. The summed E-state index contributed by atoms with van der Waals surface area (Å²) in [5, 5.41) is 0. The number of hydrogen-bond donors (Lipinski definition) is 0. The second-order valence-electron chi connectivity index (χ2n) is 5.93. The lowest BCUT2D eigenvalue weighted by Crippen LogP contribution is -2.22. The van der Waals surface area contributed by atoms with Crippen LogP contribution in [0.4, 0.5) is 0 Å². The zero-order valence-electron chi connectivity index (χ0n) is 11.2. The van der Waals surface area contributed by atoms with Gasteiger partial charge in [-0.1, -0.05) is 30.5 Å². The third kappa shape index (κ3) is 2.70. The first-order chi connectivity index (χ1) is 9.04. The molecule has 0 amide bonds. The van der Waals surface area contributed by atoms with E-state index in [1.165, 1.54) is 12.8 Å². The molecule has 19 heavy (non-hydrogen) atoms. The summed E-state index contributed by atoms with van der Waals surface area (Å²) in [6.45, 7) is 1.94. The van der Waals surface area contributed by atoms with Gasteiger partial charge in [0.05, 0.1) is 11.0 Å². The van der Waals surface area contributed by atoms with Crippen molar-refractivity contribution in [2.45, 2.75) is 50.0 Å². The molecular weight excluding hydrogens is 260 g/mol. The van der Waals surface area contributed by atoms with E-state index in [-0.39, 0.29) is 11.0 Å². The smallest absolute Gasteiger partial charge is 0.263 e. The predicted octanol–water partition coefficient (Wildman–Crippen LogP) is 3.28. The van der Waals surface area contributed by atoms with E-state index in [9.17, 15) is 8.42 Å². The number of benzene rings is 1. The van der Waals surface area contributed by atoms with Gasteiger partial charge in [0.15, 0.2) is 0 Å². The zero-order valence-corrected chi connectivity index (χ0v) is 12.0. The summed E-state index contributed by atoms with van der Waals surface area (Å²) >= 11 is 0. The molecule has 1 aromatic carbocycles. The van der Waals surface area contributed by atoms with Gasteiger partial charge < -0.3 is 0 Å². The fraction of sp³-hybridized carbons (Fsp3) is 0.600. The van der Waals surface area contributed by atoms with E-state index >= 15 is 0 Å². The Balaban J connectivity index is 1.77. The standard InChI is InChI=1S/C15H20O3S/c1-11-5-7-14(8-6-11)19(16,17)18-15-10-12-3-2-4-13(15)9-12/h5-8,12-13,15H,2-4,9-10H2,1H3/t12-,13+,15-/m0/s1. The van der Waals surface area contributed by atoms with Gasteiger partial charge in [0.25, 0.3) is 10.1 Å². The van der Waals surface area contributed by atoms with E-state index in [1.54, 1.807) is 12.1 Å². The fourth-order valence-corrected chi connectivity index (χ4v) is 4.59. The van der Waals surface area contributed by atoms with Crippen LogP contribution in [0, 0.1) is 18.8 Å². The molecule has 2 aliphatic carbocycles. The molecule has 0 heterocycles. The van der Waals surface area contributed by atoms with Crippen LogP contribution < -0.4 is 0 Å². The van der Waals surface area contributed by atoms with Gasteiger partial charge in [-0.15, -0.1) is 0 Å². The van der Waals surface area contributed by atoms with Crippen molar-refractivity contribution < 1.29 is 12.6 Å². The molecule has 2 fully saturated rings. The summed E-state index contributed by atoms with van der Waals surface area (Å²) in [5.74, 6) is 1.12. The van der Waals surface area contributed by atoms with E-state index in [4.69, 9.17) is 4.18 Å². The van der Waals surface area contributed by atoms with Gasteiger partial charge in [-0.05, 0) is 50.2 Å². The summed E-state index contributed by atoms with van der Waals surface area (Å²) in [4.78, 5) is 0.277. The van der Waals surface area contributed by atoms with Crippen molar-refractivity contribution in [3.05, 3.63) is 29.8 Å². The summed E-state index contributed by atoms with van der Waals surface area (Å²) in [5.41, 5.74) is 1.05. The first kappa shape index (κ1) is 13.1. The van der Waals surface area contributed by atoms with Crippen LogP contribution in [-0.4, -0.2) is 14.5 Å². The number of fused-ring (bicyclic) bond motifs is 2. The summed E-state index contributed by atoms with van der Waals surface area (Å²) in [6.07, 6.45) is 5.54. The lowest BCUT2D eigenvalue weighted by Gasteiger charge is -2.20. The van der Waals surface area contributed by atoms with Crippen molar-refractivity contribution in [1.82, 2.24) is 0 Å². The van der Waals surface area contributed by atoms with Gasteiger partial charge in [-0.3, -0.25) is 4.18 Å². The summed E-state index contributed by atoms with van der Waals surface area (Å²) in [6, 6.07) is 6.88. The average Bonchev–Trinajstić information content (AvgIpc) is 2.64. The van der Waals surface area contributed by atoms with Crippen LogP contribution >= 0.6 is 0 Å². The van der Waals surface area contributed by atoms with Crippen LogP contribution in [0.1, 0.15) is 37.7 Å². The highest BCUT2D eigenvalue weighted by Crippen LogP contribution is 2.44. The molecule has 0 spiro atoms. The Hall–Kier alpha value is -0.870. The number of rotatable bonds is 3. The third-order valence-corrected chi connectivity index (χ3v) is 5.82. The molecule has 0 unspecified atom stereocenters. The summed E-state index contributed by atoms with van der Waals surface area (Å²) in [7, 11) is -3.60. The monoisotopic (exact) mass is 280 g/mol. The Morgan fingerprint density at radius 1 is 1.11 bits per heavy atom. The first-order valence-electron chi connectivity index (χ1n) is 7.04. The van der Waals surface area contributed by atoms with E-state index in [1.807, 2.05) is 19.1 Å². The maximum absolute atomic E-state index is 12.3. The molecule has 3 nitrogen and oxygen atoms in total. The Bertz CT molecular complexity index is 547. The molecule has 2 bridgehead atoms. The third-order valence-electron chi connectivity index (χ3n) is 4.47. The second-order valence-corrected chi connectivity index (χ2v) is 7.50. The zero-order chi connectivity index (χ0) is 13.5. The minimum Gasteiger partial charge on any atom is -0.263 e. The Morgan fingerprint density at radius 2 is 1.84 bits per heavy atom. The first-order valence-corrected chi connectivity index (χ1v) is 8.45. The van der Waals surface area contributed by atoms with Crippen molar-refractivity contribution in [2.24, 2.45) is 11.8 Å². The molecule has 2 aliphatic rings. The average molecular weight is 280 g/mol. The highest BCUT2D eigenvalue weighted by atomic mass is 32.2. The molecule has 3 atom stereocenters. The molecule has 0 radical (unpaired) electrons. The maximum Gasteiger partial charge on any atom is 0.297 e. The molecule has 0 aromatic heterocycles. The van der Waals surface area contributed by atoms with Crippen molar-refractivity contribution in [3.63, 3.8) is 0 Å². The Kier molecular flexibility index (Phi) is 3.39. The highest BCUT2D eigenvalue weighted by Gasteiger charge is 2.40. The van der Waals surface area contributed by atoms with Gasteiger partial charge in [0.1, 0.15) is 0 Å². The molecule has 0 aliphatic heterocycles. The van der Waals surface area contributed by atoms with E-state index in [0.717, 1.165) is 24.8 Å². The van der Waals surface area contributed by atoms with Crippen LogP contribution in [0.5, 0.6) is 0 Å². The van der Waals surface area contributed by atoms with Crippen molar-refractivity contribution in [1.29, 1.82) is 0 Å². The molecular formula is C15H20O3S. The van der Waals surface area contributed by atoms with Crippen LogP contribution in [0.25, 0.3) is 0 Å². The van der Waals surface area contributed by atoms with E-state index in [2.05, 4.69) is 0 Å². The van der Waals surface area contributed by atoms with Gasteiger partial charge in [0, 0.05) is 0 Å². The molecule has 0 saturated heterocycles. The van der Waals surface area contributed by atoms with Gasteiger partial charge in [-0.25, -0.2) is 0 Å². The molecule has 3 rings (SSSR count). The number of aryl methyl sites for hydroxylation is 1. The molecule has 104 valence electrons. The fourth-order valence-electron chi connectivity index (χ4n) is 3.45. The SMILES string of the molecule is Cc1ccc(S(=O)(=O)O[C@H]2C[C@H]3CCC[C@@H]2C3)cc1. The topological polar surface area (TPSA) is 43.4 Å². The largest absolute Gasteiger partial charge is 0.297 e. The summed E-state index contributed by atoms with van der Waals surface area (Å²) < 4.78 is 30.0. The van der Waals surface area contributed by atoms with E-state index in [0.29, 0.717) is 11.8 Å². The molecule has 0 N–H and O–H groups in total. The quantitative estimate of drug-likeness (QED) is 0.798. The van der Waals surface area contributed by atoms with Gasteiger partial charge in [-0.2, -0.15) is 8.42 Å². The molecule has 2 saturated carbocycles. The highest BCUT2D eigenvalue weighted by molar-refractivity contribution is 7.86. The lowest BCUT2D eigenvalue weighted by atomic mass is 9.89. The minimum absolute atomic E-state index is 0.0983.